The third-order valence-electron chi connectivity index (χ3n) is 3.72. The number of anilines is 1. The van der Waals surface area contributed by atoms with Crippen LogP contribution in [0.1, 0.15) is 12.8 Å². The van der Waals surface area contributed by atoms with E-state index < -0.39 is 11.9 Å². The van der Waals surface area contributed by atoms with Gasteiger partial charge < -0.3 is 14.9 Å². The van der Waals surface area contributed by atoms with Crippen LogP contribution in [0.4, 0.5) is 14.9 Å². The van der Waals surface area contributed by atoms with Gasteiger partial charge in [0.25, 0.3) is 0 Å². The van der Waals surface area contributed by atoms with Crippen molar-refractivity contribution in [3.8, 4) is 0 Å². The molecule has 0 aromatic heterocycles. The number of amides is 1. The van der Waals surface area contributed by atoms with Crippen molar-refractivity contribution in [2.24, 2.45) is 0 Å². The van der Waals surface area contributed by atoms with Gasteiger partial charge in [0.2, 0.25) is 0 Å². The summed E-state index contributed by atoms with van der Waals surface area (Å²) in [5.74, 6) is -0.397. The number of rotatable bonds is 9. The average molecular weight is 326 g/mol. The molecule has 1 heterocycles. The lowest BCUT2D eigenvalue weighted by Crippen LogP contribution is -2.36. The molecule has 1 fully saturated rings. The van der Waals surface area contributed by atoms with Gasteiger partial charge in [-0.3, -0.25) is 9.80 Å². The van der Waals surface area contributed by atoms with Crippen molar-refractivity contribution < 1.29 is 24.1 Å². The van der Waals surface area contributed by atoms with Crippen LogP contribution in [0.25, 0.3) is 0 Å². The van der Waals surface area contributed by atoms with Crippen LogP contribution in [0.5, 0.6) is 0 Å². The molecule has 1 unspecified atom stereocenters. The van der Waals surface area contributed by atoms with Crippen LogP contribution >= 0.6 is 0 Å². The number of hydrogen-bond donors (Lipinski definition) is 2. The second-order valence-corrected chi connectivity index (χ2v) is 5.55. The minimum atomic E-state index is -0.482. The highest BCUT2D eigenvalue weighted by Crippen LogP contribution is 2.22. The molecule has 0 spiro atoms. The Balaban J connectivity index is 1.94. The van der Waals surface area contributed by atoms with E-state index in [2.05, 4.69) is 4.90 Å². The molecule has 23 heavy (non-hydrogen) atoms. The SMILES string of the molecule is O=C1OC(CN(CCCO)CCCO)CN1c1cccc(F)c1. The molecule has 1 aromatic rings. The minimum absolute atomic E-state index is 0.0928. The molecule has 2 rings (SSSR count). The molecule has 1 aromatic carbocycles. The molecule has 1 amide bonds. The van der Waals surface area contributed by atoms with Gasteiger partial charge in [-0.25, -0.2) is 9.18 Å². The van der Waals surface area contributed by atoms with Crippen molar-refractivity contribution in [2.45, 2.75) is 18.9 Å². The minimum Gasteiger partial charge on any atom is -0.443 e. The maximum absolute atomic E-state index is 13.3. The van der Waals surface area contributed by atoms with Gasteiger partial charge in [0.05, 0.1) is 12.2 Å². The zero-order valence-corrected chi connectivity index (χ0v) is 13.0. The molecular formula is C16H23FN2O4. The Labute approximate surface area is 135 Å². The van der Waals surface area contributed by atoms with E-state index in [4.69, 9.17) is 14.9 Å². The van der Waals surface area contributed by atoms with E-state index in [1.807, 2.05) is 0 Å². The number of halogens is 1. The van der Waals surface area contributed by atoms with Crippen molar-refractivity contribution >= 4 is 11.8 Å². The largest absolute Gasteiger partial charge is 0.443 e. The third kappa shape index (κ3) is 5.16. The highest BCUT2D eigenvalue weighted by Gasteiger charge is 2.33. The predicted molar refractivity (Wildman–Crippen MR) is 83.9 cm³/mol. The fourth-order valence-electron chi connectivity index (χ4n) is 2.64. The van der Waals surface area contributed by atoms with Crippen LogP contribution in [0.15, 0.2) is 24.3 Å². The molecule has 1 aliphatic heterocycles. The normalized spacial score (nSPS) is 17.8. The Kier molecular flexibility index (Phi) is 6.76. The molecule has 1 aliphatic rings. The second-order valence-electron chi connectivity index (χ2n) is 5.55. The lowest BCUT2D eigenvalue weighted by molar-refractivity contribution is 0.102. The molecule has 0 saturated carbocycles. The monoisotopic (exact) mass is 326 g/mol. The van der Waals surface area contributed by atoms with E-state index in [9.17, 15) is 9.18 Å². The summed E-state index contributed by atoms with van der Waals surface area (Å²) in [6.07, 6.45) is 0.451. The predicted octanol–water partition coefficient (Wildman–Crippen LogP) is 1.22. The Morgan fingerprint density at radius 3 is 2.57 bits per heavy atom. The molecule has 0 bridgehead atoms. The number of carbonyl (C=O) groups excluding carboxylic acids is 1. The summed E-state index contributed by atoms with van der Waals surface area (Å²) in [5.41, 5.74) is 0.481. The van der Waals surface area contributed by atoms with Crippen LogP contribution in [-0.4, -0.2) is 66.7 Å². The molecule has 128 valence electrons. The van der Waals surface area contributed by atoms with Crippen LogP contribution in [-0.2, 0) is 4.74 Å². The van der Waals surface area contributed by atoms with Crippen molar-refractivity contribution in [2.75, 3.05) is 44.3 Å². The maximum Gasteiger partial charge on any atom is 0.414 e. The fraction of sp³-hybridized carbons (Fsp3) is 0.562. The van der Waals surface area contributed by atoms with E-state index in [0.29, 0.717) is 44.7 Å². The summed E-state index contributed by atoms with van der Waals surface area (Å²) in [5, 5.41) is 17.9. The van der Waals surface area contributed by atoms with Gasteiger partial charge in [-0.15, -0.1) is 0 Å². The molecular weight excluding hydrogens is 303 g/mol. The first-order valence-electron chi connectivity index (χ1n) is 7.82. The standard InChI is InChI=1S/C16H23FN2O4/c17-13-4-1-5-14(10-13)19-12-15(23-16(19)22)11-18(6-2-8-20)7-3-9-21/h1,4-5,10,15,20-21H,2-3,6-9,11-12H2. The zero-order chi connectivity index (χ0) is 16.7. The molecule has 7 heteroatoms. The Bertz CT molecular complexity index is 507. The Morgan fingerprint density at radius 1 is 1.26 bits per heavy atom. The fourth-order valence-corrected chi connectivity index (χ4v) is 2.64. The smallest absolute Gasteiger partial charge is 0.414 e. The summed E-state index contributed by atoms with van der Waals surface area (Å²) in [6, 6.07) is 5.86. The third-order valence-corrected chi connectivity index (χ3v) is 3.72. The molecule has 6 nitrogen and oxygen atoms in total. The van der Waals surface area contributed by atoms with Crippen molar-refractivity contribution in [1.29, 1.82) is 0 Å². The summed E-state index contributed by atoms with van der Waals surface area (Å²) in [7, 11) is 0. The van der Waals surface area contributed by atoms with Gasteiger partial charge in [0.1, 0.15) is 11.9 Å². The van der Waals surface area contributed by atoms with Crippen LogP contribution in [0, 0.1) is 5.82 Å². The molecule has 1 atom stereocenters. The molecule has 1 saturated heterocycles. The quantitative estimate of drug-likeness (QED) is 0.714. The van der Waals surface area contributed by atoms with E-state index in [0.717, 1.165) is 0 Å². The van der Waals surface area contributed by atoms with Crippen LogP contribution in [0.3, 0.4) is 0 Å². The first-order valence-corrected chi connectivity index (χ1v) is 7.82. The van der Waals surface area contributed by atoms with E-state index in [-0.39, 0.29) is 19.3 Å². The van der Waals surface area contributed by atoms with Gasteiger partial charge in [-0.05, 0) is 31.0 Å². The average Bonchev–Trinajstić information content (AvgIpc) is 2.90. The Morgan fingerprint density at radius 2 is 1.96 bits per heavy atom. The van der Waals surface area contributed by atoms with E-state index in [1.54, 1.807) is 12.1 Å². The van der Waals surface area contributed by atoms with Crippen LogP contribution < -0.4 is 4.90 Å². The number of aliphatic hydroxyl groups excluding tert-OH is 2. The number of carbonyl (C=O) groups is 1. The van der Waals surface area contributed by atoms with Crippen molar-refractivity contribution in [3.05, 3.63) is 30.1 Å². The molecule has 0 aliphatic carbocycles. The highest BCUT2D eigenvalue weighted by atomic mass is 19.1. The molecule has 0 radical (unpaired) electrons. The number of hydrogen-bond acceptors (Lipinski definition) is 5. The van der Waals surface area contributed by atoms with Crippen molar-refractivity contribution in [3.63, 3.8) is 0 Å². The topological polar surface area (TPSA) is 73.2 Å². The maximum atomic E-state index is 13.3. The first-order chi connectivity index (χ1) is 11.1. The number of benzene rings is 1. The van der Waals surface area contributed by atoms with Gasteiger partial charge in [0, 0.05) is 32.8 Å². The van der Waals surface area contributed by atoms with Gasteiger partial charge in [-0.2, -0.15) is 0 Å². The number of cyclic esters (lactones) is 1. The number of nitrogens with zero attached hydrogens (tertiary/aromatic N) is 2. The summed E-state index contributed by atoms with van der Waals surface area (Å²) in [4.78, 5) is 15.5. The second kappa shape index (κ2) is 8.81. The van der Waals surface area contributed by atoms with E-state index >= 15 is 0 Å². The highest BCUT2D eigenvalue weighted by molar-refractivity contribution is 5.89. The molecule has 2 N–H and O–H groups in total. The van der Waals surface area contributed by atoms with Gasteiger partial charge >= 0.3 is 6.09 Å². The van der Waals surface area contributed by atoms with E-state index in [1.165, 1.54) is 17.0 Å². The first kappa shape index (κ1) is 17.7. The van der Waals surface area contributed by atoms with Crippen LogP contribution in [0.2, 0.25) is 0 Å². The summed E-state index contributed by atoms with van der Waals surface area (Å²) < 4.78 is 18.7. The summed E-state index contributed by atoms with van der Waals surface area (Å²) >= 11 is 0. The van der Waals surface area contributed by atoms with Gasteiger partial charge in [0.15, 0.2) is 0 Å². The zero-order valence-electron chi connectivity index (χ0n) is 13.0. The lowest BCUT2D eigenvalue weighted by Gasteiger charge is -2.24. The Hall–Kier alpha value is -1.70. The number of ether oxygens (including phenoxy) is 1. The lowest BCUT2D eigenvalue weighted by atomic mass is 10.2. The van der Waals surface area contributed by atoms with Gasteiger partial charge in [-0.1, -0.05) is 6.07 Å². The number of aliphatic hydroxyl groups is 2. The summed E-state index contributed by atoms with van der Waals surface area (Å²) in [6.45, 7) is 2.41. The van der Waals surface area contributed by atoms with Crippen molar-refractivity contribution in [1.82, 2.24) is 4.90 Å².